The Morgan fingerprint density at radius 2 is 2.05 bits per heavy atom. The highest BCUT2D eigenvalue weighted by Crippen LogP contribution is 2.23. The fraction of sp³-hybridized carbons (Fsp3) is 0.333. The Labute approximate surface area is 123 Å². The number of benzene rings is 1. The molecule has 114 valence electrons. The van der Waals surface area contributed by atoms with Crippen molar-refractivity contribution in [3.05, 3.63) is 36.4 Å². The average Bonchev–Trinajstić information content (AvgIpc) is 2.34. The van der Waals surface area contributed by atoms with Gasteiger partial charge in [-0.2, -0.15) is 0 Å². The van der Waals surface area contributed by atoms with Crippen molar-refractivity contribution in [3.63, 3.8) is 0 Å². The number of amides is 1. The van der Waals surface area contributed by atoms with Gasteiger partial charge in [-0.3, -0.25) is 5.32 Å². The number of rotatable bonds is 5. The molecule has 0 aliphatic rings. The first-order chi connectivity index (χ1) is 9.73. The predicted octanol–water partition coefficient (Wildman–Crippen LogP) is 3.30. The molecule has 0 bridgehead atoms. The van der Waals surface area contributed by atoms with Gasteiger partial charge in [0.1, 0.15) is 23.5 Å². The lowest BCUT2D eigenvalue weighted by Crippen LogP contribution is -2.27. The van der Waals surface area contributed by atoms with E-state index in [1.165, 1.54) is 24.3 Å². The van der Waals surface area contributed by atoms with Crippen molar-refractivity contribution in [3.8, 4) is 5.75 Å². The molecule has 1 amide bonds. The fourth-order valence-electron chi connectivity index (χ4n) is 1.47. The van der Waals surface area contributed by atoms with E-state index in [-0.39, 0.29) is 17.9 Å². The van der Waals surface area contributed by atoms with Gasteiger partial charge in [0.2, 0.25) is 0 Å². The first-order valence-electron chi connectivity index (χ1n) is 6.34. The predicted molar refractivity (Wildman–Crippen MR) is 79.0 cm³/mol. The molecule has 6 heteroatoms. The summed E-state index contributed by atoms with van der Waals surface area (Å²) >= 11 is 0. The zero-order valence-corrected chi connectivity index (χ0v) is 12.3. The van der Waals surface area contributed by atoms with Gasteiger partial charge >= 0.3 is 12.1 Å². The van der Waals surface area contributed by atoms with Crippen LogP contribution in [0.1, 0.15) is 31.1 Å². The van der Waals surface area contributed by atoms with Crippen molar-refractivity contribution in [2.75, 3.05) is 11.9 Å². The van der Waals surface area contributed by atoms with Crippen LogP contribution in [0, 0.1) is 0 Å². The van der Waals surface area contributed by atoms with Crippen LogP contribution in [-0.2, 0) is 4.74 Å². The molecule has 6 nitrogen and oxygen atoms in total. The number of aromatic carboxylic acids is 1. The van der Waals surface area contributed by atoms with Crippen LogP contribution in [0.4, 0.5) is 10.5 Å². The monoisotopic (exact) mass is 293 g/mol. The number of ether oxygens (including phenoxy) is 2. The summed E-state index contributed by atoms with van der Waals surface area (Å²) in [6.45, 7) is 8.90. The molecule has 0 aromatic heterocycles. The Bertz CT molecular complexity index is 545. The molecule has 0 radical (unpaired) electrons. The minimum absolute atomic E-state index is 0.0505. The van der Waals surface area contributed by atoms with E-state index in [1.807, 2.05) is 0 Å². The van der Waals surface area contributed by atoms with Crippen LogP contribution in [0.15, 0.2) is 30.9 Å². The van der Waals surface area contributed by atoms with Gasteiger partial charge < -0.3 is 14.6 Å². The molecule has 0 fully saturated rings. The van der Waals surface area contributed by atoms with Gasteiger partial charge in [0, 0.05) is 5.69 Å². The number of carboxylic acid groups (broad SMARTS) is 1. The molecule has 1 aromatic rings. The Morgan fingerprint density at radius 3 is 2.57 bits per heavy atom. The second-order valence-electron chi connectivity index (χ2n) is 5.24. The van der Waals surface area contributed by atoms with E-state index in [1.54, 1.807) is 20.8 Å². The molecule has 1 aromatic carbocycles. The molecule has 0 heterocycles. The zero-order valence-electron chi connectivity index (χ0n) is 12.3. The number of carboxylic acids is 1. The summed E-state index contributed by atoms with van der Waals surface area (Å²) in [5.74, 6) is -0.945. The number of hydrogen-bond acceptors (Lipinski definition) is 4. The Hall–Kier alpha value is -2.50. The van der Waals surface area contributed by atoms with E-state index >= 15 is 0 Å². The molecule has 0 unspecified atom stereocenters. The topological polar surface area (TPSA) is 84.9 Å². The van der Waals surface area contributed by atoms with E-state index in [0.717, 1.165) is 0 Å². The third kappa shape index (κ3) is 5.56. The maximum absolute atomic E-state index is 11.6. The van der Waals surface area contributed by atoms with Crippen LogP contribution in [0.25, 0.3) is 0 Å². The number of anilines is 1. The minimum Gasteiger partial charge on any atom is -0.489 e. The van der Waals surface area contributed by atoms with E-state index in [9.17, 15) is 9.59 Å². The lowest BCUT2D eigenvalue weighted by Gasteiger charge is -2.20. The van der Waals surface area contributed by atoms with Gasteiger partial charge in [0.25, 0.3) is 0 Å². The van der Waals surface area contributed by atoms with Crippen LogP contribution in [0.5, 0.6) is 5.75 Å². The first-order valence-corrected chi connectivity index (χ1v) is 6.34. The maximum Gasteiger partial charge on any atom is 0.412 e. The highest BCUT2D eigenvalue weighted by Gasteiger charge is 2.18. The second-order valence-corrected chi connectivity index (χ2v) is 5.24. The summed E-state index contributed by atoms with van der Waals surface area (Å²) in [5.41, 5.74) is -0.370. The van der Waals surface area contributed by atoms with Gasteiger partial charge in [-0.05, 0) is 39.0 Å². The molecule has 0 atom stereocenters. The van der Waals surface area contributed by atoms with Gasteiger partial charge in [-0.1, -0.05) is 12.7 Å². The third-order valence-electron chi connectivity index (χ3n) is 2.21. The molecular weight excluding hydrogens is 274 g/mol. The summed E-state index contributed by atoms with van der Waals surface area (Å²) in [5, 5.41) is 11.6. The van der Waals surface area contributed by atoms with Crippen LogP contribution < -0.4 is 10.1 Å². The second kappa shape index (κ2) is 6.78. The van der Waals surface area contributed by atoms with Gasteiger partial charge in [0.15, 0.2) is 0 Å². The van der Waals surface area contributed by atoms with Crippen LogP contribution >= 0.6 is 0 Å². The smallest absolute Gasteiger partial charge is 0.412 e. The largest absolute Gasteiger partial charge is 0.489 e. The summed E-state index contributed by atoms with van der Waals surface area (Å²) in [4.78, 5) is 22.8. The molecule has 2 N–H and O–H groups in total. The van der Waals surface area contributed by atoms with Crippen molar-refractivity contribution in [1.82, 2.24) is 0 Å². The van der Waals surface area contributed by atoms with Gasteiger partial charge in [-0.15, -0.1) is 0 Å². The standard InChI is InChI=1S/C15H19NO5/c1-5-8-20-12-7-6-10(9-11(12)13(17)18)16-14(19)21-15(2,3)4/h5-7,9H,1,8H2,2-4H3,(H,16,19)(H,17,18). The van der Waals surface area contributed by atoms with E-state index < -0.39 is 17.7 Å². The summed E-state index contributed by atoms with van der Waals surface area (Å²) in [6.07, 6.45) is 0.858. The lowest BCUT2D eigenvalue weighted by atomic mass is 10.1. The van der Waals surface area contributed by atoms with E-state index in [4.69, 9.17) is 14.6 Å². The average molecular weight is 293 g/mol. The van der Waals surface area contributed by atoms with Crippen molar-refractivity contribution in [2.45, 2.75) is 26.4 Å². The number of nitrogens with one attached hydrogen (secondary N) is 1. The molecule has 0 aliphatic carbocycles. The number of hydrogen-bond donors (Lipinski definition) is 2. The molecule has 21 heavy (non-hydrogen) atoms. The quantitative estimate of drug-likeness (QED) is 0.814. The Balaban J connectivity index is 2.90. The van der Waals surface area contributed by atoms with Crippen LogP contribution in [0.3, 0.4) is 0 Å². The van der Waals surface area contributed by atoms with Crippen molar-refractivity contribution in [1.29, 1.82) is 0 Å². The Kier molecular flexibility index (Phi) is 5.35. The van der Waals surface area contributed by atoms with Crippen molar-refractivity contribution >= 4 is 17.7 Å². The Morgan fingerprint density at radius 1 is 1.38 bits per heavy atom. The molecule has 0 aliphatic heterocycles. The number of carbonyl (C=O) groups excluding carboxylic acids is 1. The molecule has 0 saturated carbocycles. The molecule has 1 rings (SSSR count). The van der Waals surface area contributed by atoms with E-state index in [2.05, 4.69) is 11.9 Å². The molecule has 0 spiro atoms. The maximum atomic E-state index is 11.6. The SMILES string of the molecule is C=CCOc1ccc(NC(=O)OC(C)(C)C)cc1C(=O)O. The van der Waals surface area contributed by atoms with Crippen molar-refractivity contribution in [2.24, 2.45) is 0 Å². The zero-order chi connectivity index (χ0) is 16.0. The van der Waals surface area contributed by atoms with Gasteiger partial charge in [-0.25, -0.2) is 9.59 Å². The fourth-order valence-corrected chi connectivity index (χ4v) is 1.47. The summed E-state index contributed by atoms with van der Waals surface area (Å²) in [6, 6.07) is 4.32. The van der Waals surface area contributed by atoms with Crippen LogP contribution in [-0.4, -0.2) is 29.4 Å². The normalized spacial score (nSPS) is 10.6. The van der Waals surface area contributed by atoms with Gasteiger partial charge in [0.05, 0.1) is 0 Å². The molecule has 0 saturated heterocycles. The highest BCUT2D eigenvalue weighted by molar-refractivity contribution is 5.94. The van der Waals surface area contributed by atoms with E-state index in [0.29, 0.717) is 5.69 Å². The molecular formula is C15H19NO5. The van der Waals surface area contributed by atoms with Crippen LogP contribution in [0.2, 0.25) is 0 Å². The van der Waals surface area contributed by atoms with Crippen molar-refractivity contribution < 1.29 is 24.2 Å². The third-order valence-corrected chi connectivity index (χ3v) is 2.21. The first kappa shape index (κ1) is 16.6. The summed E-state index contributed by atoms with van der Waals surface area (Å²) in [7, 11) is 0. The highest BCUT2D eigenvalue weighted by atomic mass is 16.6. The summed E-state index contributed by atoms with van der Waals surface area (Å²) < 4.78 is 10.3. The lowest BCUT2D eigenvalue weighted by molar-refractivity contribution is 0.0632. The number of carbonyl (C=O) groups is 2. The minimum atomic E-state index is -1.15.